The third-order valence-corrected chi connectivity index (χ3v) is 4.72. The zero-order valence-corrected chi connectivity index (χ0v) is 14.1. The fourth-order valence-electron chi connectivity index (χ4n) is 1.65. The maximum absolute atomic E-state index is 12.0. The molecule has 0 saturated heterocycles. The Bertz CT molecular complexity index is 778. The van der Waals surface area contributed by atoms with Crippen molar-refractivity contribution in [2.75, 3.05) is 11.9 Å². The fraction of sp³-hybridized carbons (Fsp3) is 0.143. The highest BCUT2D eigenvalue weighted by atomic mass is 35.5. The van der Waals surface area contributed by atoms with Gasteiger partial charge in [0.1, 0.15) is 5.82 Å². The molecular weight excluding hydrogens is 361 g/mol. The minimum absolute atomic E-state index is 0.0306. The molecule has 23 heavy (non-hydrogen) atoms. The van der Waals surface area contributed by atoms with Crippen LogP contribution in [0.2, 0.25) is 10.0 Å². The molecule has 122 valence electrons. The zero-order chi connectivity index (χ0) is 16.9. The number of rotatable bonds is 6. The molecule has 1 aromatic heterocycles. The first kappa shape index (κ1) is 17.7. The summed E-state index contributed by atoms with van der Waals surface area (Å²) in [6, 6.07) is 8.89. The van der Waals surface area contributed by atoms with Gasteiger partial charge in [-0.1, -0.05) is 23.2 Å². The van der Waals surface area contributed by atoms with E-state index in [0.717, 1.165) is 0 Å². The van der Waals surface area contributed by atoms with E-state index in [4.69, 9.17) is 23.2 Å². The van der Waals surface area contributed by atoms with Crippen LogP contribution in [0.1, 0.15) is 6.42 Å². The molecule has 0 saturated carbocycles. The van der Waals surface area contributed by atoms with E-state index in [0.29, 0.717) is 15.9 Å². The Morgan fingerprint density at radius 1 is 1.04 bits per heavy atom. The number of hydrogen-bond acceptors (Lipinski definition) is 4. The lowest BCUT2D eigenvalue weighted by molar-refractivity contribution is -0.116. The SMILES string of the molecule is O=C(CCNS(=O)(=O)c1ccc(Cl)cc1)Nc1ccc(Cl)cn1. The summed E-state index contributed by atoms with van der Waals surface area (Å²) in [5.41, 5.74) is 0. The fourth-order valence-corrected chi connectivity index (χ4v) is 2.92. The molecule has 1 amide bonds. The minimum atomic E-state index is -3.67. The van der Waals surface area contributed by atoms with Gasteiger partial charge in [0, 0.05) is 24.2 Å². The maximum Gasteiger partial charge on any atom is 0.240 e. The van der Waals surface area contributed by atoms with Crippen molar-refractivity contribution in [2.45, 2.75) is 11.3 Å². The quantitative estimate of drug-likeness (QED) is 0.814. The van der Waals surface area contributed by atoms with Crippen LogP contribution in [0.4, 0.5) is 5.82 Å². The minimum Gasteiger partial charge on any atom is -0.311 e. The van der Waals surface area contributed by atoms with Crippen molar-refractivity contribution in [3.8, 4) is 0 Å². The lowest BCUT2D eigenvalue weighted by Crippen LogP contribution is -2.27. The number of nitrogens with one attached hydrogen (secondary N) is 2. The number of halogens is 2. The van der Waals surface area contributed by atoms with Gasteiger partial charge in [-0.2, -0.15) is 0 Å². The van der Waals surface area contributed by atoms with Gasteiger partial charge in [0.15, 0.2) is 0 Å². The summed E-state index contributed by atoms with van der Waals surface area (Å²) in [4.78, 5) is 15.7. The van der Waals surface area contributed by atoms with Crippen LogP contribution >= 0.6 is 23.2 Å². The van der Waals surface area contributed by atoms with Crippen LogP contribution < -0.4 is 10.0 Å². The molecule has 0 aliphatic carbocycles. The molecule has 0 radical (unpaired) electrons. The molecule has 0 aliphatic heterocycles. The highest BCUT2D eigenvalue weighted by Crippen LogP contribution is 2.14. The van der Waals surface area contributed by atoms with E-state index < -0.39 is 10.0 Å². The molecule has 0 unspecified atom stereocenters. The Morgan fingerprint density at radius 3 is 2.30 bits per heavy atom. The largest absolute Gasteiger partial charge is 0.311 e. The molecule has 6 nitrogen and oxygen atoms in total. The summed E-state index contributed by atoms with van der Waals surface area (Å²) >= 11 is 11.4. The standard InChI is InChI=1S/C14H13Cl2N3O3S/c15-10-1-4-12(5-2-10)23(21,22)18-8-7-14(20)19-13-6-3-11(16)9-17-13/h1-6,9,18H,7-8H2,(H,17,19,20). The summed E-state index contributed by atoms with van der Waals surface area (Å²) in [5, 5.41) is 3.44. The lowest BCUT2D eigenvalue weighted by Gasteiger charge is -2.07. The number of aromatic nitrogens is 1. The number of sulfonamides is 1. The van der Waals surface area contributed by atoms with Crippen molar-refractivity contribution in [3.05, 3.63) is 52.6 Å². The van der Waals surface area contributed by atoms with Crippen LogP contribution in [0.15, 0.2) is 47.5 Å². The van der Waals surface area contributed by atoms with Gasteiger partial charge < -0.3 is 5.32 Å². The molecule has 0 atom stereocenters. The molecule has 2 rings (SSSR count). The van der Waals surface area contributed by atoms with Crippen molar-refractivity contribution < 1.29 is 13.2 Å². The number of hydrogen-bond donors (Lipinski definition) is 2. The number of amides is 1. The Balaban J connectivity index is 1.85. The molecule has 1 heterocycles. The summed E-state index contributed by atoms with van der Waals surface area (Å²) in [5.74, 6) is -0.0152. The van der Waals surface area contributed by atoms with E-state index in [1.807, 2.05) is 0 Å². The molecule has 0 bridgehead atoms. The van der Waals surface area contributed by atoms with Crippen molar-refractivity contribution >= 4 is 45.0 Å². The summed E-state index contributed by atoms with van der Waals surface area (Å²) < 4.78 is 26.4. The van der Waals surface area contributed by atoms with E-state index in [9.17, 15) is 13.2 Å². The Labute approximate surface area is 143 Å². The van der Waals surface area contributed by atoms with Gasteiger partial charge in [0.05, 0.1) is 9.92 Å². The summed E-state index contributed by atoms with van der Waals surface area (Å²) in [7, 11) is -3.67. The third kappa shape index (κ3) is 5.47. The molecular formula is C14H13Cl2N3O3S. The van der Waals surface area contributed by atoms with E-state index in [-0.39, 0.29) is 23.8 Å². The molecule has 0 aliphatic rings. The predicted octanol–water partition coefficient (Wildman–Crippen LogP) is 2.70. The van der Waals surface area contributed by atoms with Gasteiger partial charge in [0.25, 0.3) is 0 Å². The average Bonchev–Trinajstić information content (AvgIpc) is 2.50. The van der Waals surface area contributed by atoms with Crippen LogP contribution in [0.3, 0.4) is 0 Å². The number of carbonyl (C=O) groups excluding carboxylic acids is 1. The van der Waals surface area contributed by atoms with Gasteiger partial charge in [-0.15, -0.1) is 0 Å². The van der Waals surface area contributed by atoms with E-state index in [1.165, 1.54) is 30.5 Å². The van der Waals surface area contributed by atoms with Gasteiger partial charge >= 0.3 is 0 Å². The van der Waals surface area contributed by atoms with Crippen molar-refractivity contribution in [3.63, 3.8) is 0 Å². The van der Waals surface area contributed by atoms with Crippen molar-refractivity contribution in [1.82, 2.24) is 9.71 Å². The Hall–Kier alpha value is -1.67. The molecule has 2 N–H and O–H groups in total. The normalized spacial score (nSPS) is 11.2. The van der Waals surface area contributed by atoms with Gasteiger partial charge in [-0.3, -0.25) is 4.79 Å². The van der Waals surface area contributed by atoms with Crippen molar-refractivity contribution in [2.24, 2.45) is 0 Å². The van der Waals surface area contributed by atoms with Crippen molar-refractivity contribution in [1.29, 1.82) is 0 Å². The Morgan fingerprint density at radius 2 is 1.70 bits per heavy atom. The number of anilines is 1. The molecule has 0 spiro atoms. The molecule has 2 aromatic rings. The second-order valence-corrected chi connectivity index (χ2v) is 7.15. The summed E-state index contributed by atoms with van der Waals surface area (Å²) in [6.07, 6.45) is 1.37. The topological polar surface area (TPSA) is 88.2 Å². The van der Waals surface area contributed by atoms with E-state index in [1.54, 1.807) is 12.1 Å². The second-order valence-electron chi connectivity index (χ2n) is 4.51. The smallest absolute Gasteiger partial charge is 0.240 e. The highest BCUT2D eigenvalue weighted by Gasteiger charge is 2.14. The first-order valence-corrected chi connectivity index (χ1v) is 8.77. The van der Waals surface area contributed by atoms with Crippen LogP contribution in [-0.2, 0) is 14.8 Å². The maximum atomic E-state index is 12.0. The van der Waals surface area contributed by atoms with E-state index in [2.05, 4.69) is 15.0 Å². The number of nitrogens with zero attached hydrogens (tertiary/aromatic N) is 1. The first-order valence-electron chi connectivity index (χ1n) is 6.53. The monoisotopic (exact) mass is 373 g/mol. The average molecular weight is 374 g/mol. The predicted molar refractivity (Wildman–Crippen MR) is 89.1 cm³/mol. The molecule has 1 aromatic carbocycles. The summed E-state index contributed by atoms with van der Waals surface area (Å²) in [6.45, 7) is -0.0373. The number of benzene rings is 1. The van der Waals surface area contributed by atoms with Crippen LogP contribution in [0, 0.1) is 0 Å². The molecule has 9 heteroatoms. The van der Waals surface area contributed by atoms with Crippen LogP contribution in [-0.4, -0.2) is 25.9 Å². The van der Waals surface area contributed by atoms with Crippen LogP contribution in [0.25, 0.3) is 0 Å². The van der Waals surface area contributed by atoms with E-state index >= 15 is 0 Å². The second kappa shape index (κ2) is 7.74. The zero-order valence-electron chi connectivity index (χ0n) is 11.8. The van der Waals surface area contributed by atoms with Gasteiger partial charge in [0.2, 0.25) is 15.9 Å². The lowest BCUT2D eigenvalue weighted by atomic mass is 10.4. The number of carbonyl (C=O) groups is 1. The number of pyridine rings is 1. The molecule has 0 fully saturated rings. The highest BCUT2D eigenvalue weighted by molar-refractivity contribution is 7.89. The van der Waals surface area contributed by atoms with Crippen LogP contribution in [0.5, 0.6) is 0 Å². The third-order valence-electron chi connectivity index (χ3n) is 2.76. The van der Waals surface area contributed by atoms with Gasteiger partial charge in [-0.25, -0.2) is 18.1 Å². The first-order chi connectivity index (χ1) is 10.9. The Kier molecular flexibility index (Phi) is 5.95. The van der Waals surface area contributed by atoms with Gasteiger partial charge in [-0.05, 0) is 36.4 Å².